The van der Waals surface area contributed by atoms with Gasteiger partial charge in [0.1, 0.15) is 11.6 Å². The summed E-state index contributed by atoms with van der Waals surface area (Å²) < 4.78 is 12.9. The van der Waals surface area contributed by atoms with Crippen LogP contribution >= 0.6 is 12.4 Å². The van der Waals surface area contributed by atoms with Crippen LogP contribution in [0.15, 0.2) is 18.2 Å². The molecule has 78 valence electrons. The Balaban J connectivity index is 0.000000980. The molecule has 0 radical (unpaired) electrons. The molecule has 2 nitrogen and oxygen atoms in total. The number of halogens is 2. The smallest absolute Gasteiger partial charge is 0.127 e. The van der Waals surface area contributed by atoms with E-state index in [9.17, 15) is 9.50 Å². The van der Waals surface area contributed by atoms with Crippen molar-refractivity contribution in [2.75, 3.05) is 6.54 Å². The lowest BCUT2D eigenvalue weighted by molar-refractivity contribution is 0.466. The van der Waals surface area contributed by atoms with Crippen LogP contribution in [0.1, 0.15) is 24.4 Å². The van der Waals surface area contributed by atoms with E-state index in [2.05, 4.69) is 5.32 Å². The van der Waals surface area contributed by atoms with Crippen LogP contribution in [-0.2, 0) is 0 Å². The summed E-state index contributed by atoms with van der Waals surface area (Å²) in [4.78, 5) is 0. The lowest BCUT2D eigenvalue weighted by Crippen LogP contribution is -2.12. The van der Waals surface area contributed by atoms with E-state index in [0.29, 0.717) is 0 Å². The van der Waals surface area contributed by atoms with Gasteiger partial charge >= 0.3 is 0 Å². The maximum absolute atomic E-state index is 12.9. The monoisotopic (exact) mass is 217 g/mol. The van der Waals surface area contributed by atoms with E-state index in [1.807, 2.05) is 0 Å². The molecule has 1 heterocycles. The first-order valence-corrected chi connectivity index (χ1v) is 4.48. The Hall–Kier alpha value is -0.800. The Morgan fingerprint density at radius 2 is 2.14 bits per heavy atom. The second-order valence-electron chi connectivity index (χ2n) is 3.39. The Bertz CT molecular complexity index is 293. The van der Waals surface area contributed by atoms with Crippen LogP contribution in [-0.4, -0.2) is 11.7 Å². The fourth-order valence-electron chi connectivity index (χ4n) is 1.77. The third-order valence-corrected chi connectivity index (χ3v) is 2.37. The van der Waals surface area contributed by atoms with Gasteiger partial charge in [-0.25, -0.2) is 4.39 Å². The molecule has 14 heavy (non-hydrogen) atoms. The third-order valence-electron chi connectivity index (χ3n) is 2.37. The molecule has 1 aliphatic rings. The minimum absolute atomic E-state index is 0. The molecule has 1 fully saturated rings. The fourth-order valence-corrected chi connectivity index (χ4v) is 1.77. The summed E-state index contributed by atoms with van der Waals surface area (Å²) in [6.07, 6.45) is 2.13. The minimum Gasteiger partial charge on any atom is -0.508 e. The zero-order chi connectivity index (χ0) is 9.26. The van der Waals surface area contributed by atoms with Crippen molar-refractivity contribution in [3.8, 4) is 5.75 Å². The van der Waals surface area contributed by atoms with Gasteiger partial charge in [-0.05, 0) is 37.1 Å². The van der Waals surface area contributed by atoms with Crippen LogP contribution in [0.4, 0.5) is 4.39 Å². The van der Waals surface area contributed by atoms with Crippen molar-refractivity contribution in [3.63, 3.8) is 0 Å². The normalized spacial score (nSPS) is 20.5. The van der Waals surface area contributed by atoms with Crippen LogP contribution < -0.4 is 5.32 Å². The topological polar surface area (TPSA) is 32.3 Å². The average molecular weight is 218 g/mol. The van der Waals surface area contributed by atoms with E-state index < -0.39 is 0 Å². The molecule has 1 aromatic carbocycles. The second-order valence-corrected chi connectivity index (χ2v) is 3.39. The number of rotatable bonds is 1. The number of nitrogens with one attached hydrogen (secondary N) is 1. The van der Waals surface area contributed by atoms with Gasteiger partial charge in [-0.15, -0.1) is 12.4 Å². The van der Waals surface area contributed by atoms with Crippen molar-refractivity contribution in [1.82, 2.24) is 5.32 Å². The summed E-state index contributed by atoms with van der Waals surface area (Å²) in [6.45, 7) is 0.974. The van der Waals surface area contributed by atoms with Gasteiger partial charge in [-0.3, -0.25) is 0 Å². The average Bonchev–Trinajstić information content (AvgIpc) is 2.53. The summed E-state index contributed by atoms with van der Waals surface area (Å²) in [5, 5.41) is 12.4. The van der Waals surface area contributed by atoms with Gasteiger partial charge < -0.3 is 10.4 Å². The fraction of sp³-hybridized carbons (Fsp3) is 0.400. The summed E-state index contributed by atoms with van der Waals surface area (Å²) >= 11 is 0. The van der Waals surface area contributed by atoms with E-state index in [-0.39, 0.29) is 30.0 Å². The highest BCUT2D eigenvalue weighted by Gasteiger charge is 2.16. The number of benzene rings is 1. The number of phenolic OH excluding ortho intramolecular Hbond substituents is 1. The highest BCUT2D eigenvalue weighted by molar-refractivity contribution is 5.85. The standard InChI is InChI=1S/C10H12FNO.ClH/c11-8-4-7(5-9(13)6-8)10-2-1-3-12-10;/h4-6,10,12-13H,1-3H2;1H. The third kappa shape index (κ3) is 2.36. The summed E-state index contributed by atoms with van der Waals surface area (Å²) in [6, 6.07) is 4.43. The van der Waals surface area contributed by atoms with Gasteiger partial charge in [-0.2, -0.15) is 0 Å². The molecule has 1 unspecified atom stereocenters. The molecule has 2 rings (SSSR count). The van der Waals surface area contributed by atoms with Crippen molar-refractivity contribution in [2.45, 2.75) is 18.9 Å². The lowest BCUT2D eigenvalue weighted by Gasteiger charge is -2.10. The Kier molecular flexibility index (Phi) is 3.72. The van der Waals surface area contributed by atoms with Crippen molar-refractivity contribution in [1.29, 1.82) is 0 Å². The van der Waals surface area contributed by atoms with Gasteiger partial charge in [0, 0.05) is 12.1 Å². The predicted octanol–water partition coefficient (Wildman–Crippen LogP) is 2.38. The molecule has 4 heteroatoms. The van der Waals surface area contributed by atoms with Gasteiger partial charge in [-0.1, -0.05) is 0 Å². The van der Waals surface area contributed by atoms with Crippen molar-refractivity contribution in [3.05, 3.63) is 29.6 Å². The molecule has 1 atom stereocenters. The van der Waals surface area contributed by atoms with E-state index >= 15 is 0 Å². The van der Waals surface area contributed by atoms with Gasteiger partial charge in [0.25, 0.3) is 0 Å². The summed E-state index contributed by atoms with van der Waals surface area (Å²) in [5.74, 6) is -0.368. The number of aromatic hydroxyl groups is 1. The van der Waals surface area contributed by atoms with E-state index in [4.69, 9.17) is 0 Å². The predicted molar refractivity (Wildman–Crippen MR) is 55.3 cm³/mol. The molecule has 0 amide bonds. The molecule has 0 spiro atoms. The Morgan fingerprint density at radius 1 is 1.36 bits per heavy atom. The van der Waals surface area contributed by atoms with Crippen LogP contribution in [0.5, 0.6) is 5.75 Å². The Morgan fingerprint density at radius 3 is 2.71 bits per heavy atom. The van der Waals surface area contributed by atoms with Gasteiger partial charge in [0.05, 0.1) is 0 Å². The largest absolute Gasteiger partial charge is 0.508 e. The molecule has 1 aliphatic heterocycles. The highest BCUT2D eigenvalue weighted by atomic mass is 35.5. The molecular formula is C10H13ClFNO. The number of phenols is 1. The maximum Gasteiger partial charge on any atom is 0.127 e. The molecular weight excluding hydrogens is 205 g/mol. The highest BCUT2D eigenvalue weighted by Crippen LogP contribution is 2.26. The SMILES string of the molecule is Cl.Oc1cc(F)cc(C2CCCN2)c1. The summed E-state index contributed by atoms with van der Waals surface area (Å²) in [7, 11) is 0. The zero-order valence-electron chi connectivity index (χ0n) is 7.66. The molecule has 0 saturated carbocycles. The first-order valence-electron chi connectivity index (χ1n) is 4.48. The molecule has 2 N–H and O–H groups in total. The van der Waals surface area contributed by atoms with Crippen LogP contribution in [0.25, 0.3) is 0 Å². The van der Waals surface area contributed by atoms with Gasteiger partial charge in [0.15, 0.2) is 0 Å². The first kappa shape index (κ1) is 11.3. The quantitative estimate of drug-likeness (QED) is 0.757. The second kappa shape index (κ2) is 4.62. The van der Waals surface area contributed by atoms with E-state index in [0.717, 1.165) is 31.0 Å². The van der Waals surface area contributed by atoms with E-state index in [1.54, 1.807) is 6.07 Å². The van der Waals surface area contributed by atoms with Crippen molar-refractivity contribution >= 4 is 12.4 Å². The maximum atomic E-state index is 12.9. The van der Waals surface area contributed by atoms with Crippen molar-refractivity contribution in [2.24, 2.45) is 0 Å². The Labute approximate surface area is 88.5 Å². The van der Waals surface area contributed by atoms with Crippen LogP contribution in [0.2, 0.25) is 0 Å². The summed E-state index contributed by atoms with van der Waals surface area (Å²) in [5.41, 5.74) is 0.843. The minimum atomic E-state index is -0.372. The van der Waals surface area contributed by atoms with Crippen LogP contribution in [0, 0.1) is 5.82 Å². The molecule has 1 saturated heterocycles. The first-order chi connectivity index (χ1) is 6.25. The molecule has 1 aromatic rings. The molecule has 0 aliphatic carbocycles. The number of hydrogen-bond acceptors (Lipinski definition) is 2. The molecule has 0 bridgehead atoms. The zero-order valence-corrected chi connectivity index (χ0v) is 8.48. The van der Waals surface area contributed by atoms with Crippen molar-refractivity contribution < 1.29 is 9.50 Å². The van der Waals surface area contributed by atoms with E-state index in [1.165, 1.54) is 6.07 Å². The van der Waals surface area contributed by atoms with Gasteiger partial charge in [0.2, 0.25) is 0 Å². The van der Waals surface area contributed by atoms with Crippen LogP contribution in [0.3, 0.4) is 0 Å². The number of hydrogen-bond donors (Lipinski definition) is 2. The molecule has 0 aromatic heterocycles. The lowest BCUT2D eigenvalue weighted by atomic mass is 10.1.